The largest absolute Gasteiger partial charge is 0.492 e. The van der Waals surface area contributed by atoms with E-state index in [0.29, 0.717) is 39.6 Å². The van der Waals surface area contributed by atoms with E-state index in [4.69, 9.17) is 26.4 Å². The van der Waals surface area contributed by atoms with Crippen LogP contribution in [0.1, 0.15) is 41.5 Å². The fourth-order valence-electron chi connectivity index (χ4n) is 2.44. The molecule has 0 aliphatic carbocycles. The number of hydrogen-bond acceptors (Lipinski definition) is 7. The third-order valence-corrected chi connectivity index (χ3v) is 4.87. The van der Waals surface area contributed by atoms with E-state index < -0.39 is 17.8 Å². The van der Waals surface area contributed by atoms with Gasteiger partial charge in [-0.2, -0.15) is 0 Å². The van der Waals surface area contributed by atoms with Crippen molar-refractivity contribution in [1.29, 1.82) is 0 Å². The van der Waals surface area contributed by atoms with Gasteiger partial charge in [0, 0.05) is 5.56 Å². The number of hydrazine groups is 1. The Balaban J connectivity index is 1.76. The summed E-state index contributed by atoms with van der Waals surface area (Å²) in [5, 5.41) is 2.38. The van der Waals surface area contributed by atoms with Crippen LogP contribution in [0.3, 0.4) is 0 Å². The first-order chi connectivity index (χ1) is 16.2. The zero-order chi connectivity index (χ0) is 25.1. The molecule has 0 unspecified atom stereocenters. The quantitative estimate of drug-likeness (QED) is 0.247. The Kier molecular flexibility index (Phi) is 10.8. The summed E-state index contributed by atoms with van der Waals surface area (Å²) in [5.41, 5.74) is 5.51. The number of thiocarbonyl (C=S) groups is 1. The van der Waals surface area contributed by atoms with E-state index in [1.165, 1.54) is 12.1 Å². The van der Waals surface area contributed by atoms with Crippen LogP contribution in [0.2, 0.25) is 0 Å². The lowest BCUT2D eigenvalue weighted by atomic mass is 10.2. The first-order valence-electron chi connectivity index (χ1n) is 10.4. The predicted octanol–water partition coefficient (Wildman–Crippen LogP) is 3.38. The molecule has 0 aromatic heterocycles. The zero-order valence-corrected chi connectivity index (χ0v) is 21.4. The SMILES string of the molecule is CCOC(=O)c1ccc(OCC(=O)NNC(=S)NC(=O)c2ccc(OCC(C)C)c(Br)c2)cc1. The molecule has 34 heavy (non-hydrogen) atoms. The summed E-state index contributed by atoms with van der Waals surface area (Å²) in [6.45, 7) is 6.33. The van der Waals surface area contributed by atoms with Gasteiger partial charge >= 0.3 is 5.97 Å². The number of halogens is 1. The minimum Gasteiger partial charge on any atom is -0.492 e. The number of esters is 1. The van der Waals surface area contributed by atoms with Crippen molar-refractivity contribution in [2.45, 2.75) is 20.8 Å². The summed E-state index contributed by atoms with van der Waals surface area (Å²) in [6.07, 6.45) is 0. The van der Waals surface area contributed by atoms with Gasteiger partial charge in [0.05, 0.1) is 23.2 Å². The molecule has 3 N–H and O–H groups in total. The van der Waals surface area contributed by atoms with E-state index in [-0.39, 0.29) is 18.3 Å². The van der Waals surface area contributed by atoms with Crippen molar-refractivity contribution >= 4 is 51.0 Å². The molecule has 2 amide bonds. The molecule has 11 heteroatoms. The molecule has 0 spiro atoms. The molecule has 0 atom stereocenters. The van der Waals surface area contributed by atoms with Crippen LogP contribution in [-0.2, 0) is 9.53 Å². The van der Waals surface area contributed by atoms with Gasteiger partial charge < -0.3 is 14.2 Å². The van der Waals surface area contributed by atoms with Crippen LogP contribution in [0.4, 0.5) is 0 Å². The molecule has 0 fully saturated rings. The van der Waals surface area contributed by atoms with Crippen molar-refractivity contribution in [3.8, 4) is 11.5 Å². The van der Waals surface area contributed by atoms with E-state index in [1.54, 1.807) is 37.3 Å². The molecule has 2 aromatic rings. The average Bonchev–Trinajstić information content (AvgIpc) is 2.81. The molecule has 0 bridgehead atoms. The number of amides is 2. The molecule has 9 nitrogen and oxygen atoms in total. The van der Waals surface area contributed by atoms with Crippen molar-refractivity contribution in [2.75, 3.05) is 19.8 Å². The maximum absolute atomic E-state index is 12.4. The molecule has 2 rings (SSSR count). The molecular formula is C23H26BrN3O6S. The Bertz CT molecular complexity index is 1030. The Morgan fingerprint density at radius 2 is 1.68 bits per heavy atom. The Morgan fingerprint density at radius 3 is 2.29 bits per heavy atom. The minimum atomic E-state index is -0.527. The van der Waals surface area contributed by atoms with Gasteiger partial charge in [-0.15, -0.1) is 0 Å². The van der Waals surface area contributed by atoms with Gasteiger partial charge in [-0.25, -0.2) is 4.79 Å². The lowest BCUT2D eigenvalue weighted by molar-refractivity contribution is -0.123. The van der Waals surface area contributed by atoms with Crippen molar-refractivity contribution in [3.63, 3.8) is 0 Å². The predicted molar refractivity (Wildman–Crippen MR) is 134 cm³/mol. The summed E-state index contributed by atoms with van der Waals surface area (Å²) in [4.78, 5) is 36.0. The zero-order valence-electron chi connectivity index (χ0n) is 19.0. The van der Waals surface area contributed by atoms with Gasteiger partial charge in [-0.05, 0) is 83.5 Å². The highest BCUT2D eigenvalue weighted by Gasteiger charge is 2.12. The van der Waals surface area contributed by atoms with Gasteiger partial charge in [0.25, 0.3) is 11.8 Å². The fraction of sp³-hybridized carbons (Fsp3) is 0.304. The van der Waals surface area contributed by atoms with Crippen molar-refractivity contribution in [1.82, 2.24) is 16.2 Å². The Morgan fingerprint density at radius 1 is 1.00 bits per heavy atom. The first-order valence-corrected chi connectivity index (χ1v) is 11.6. The second-order valence-corrected chi connectivity index (χ2v) is 8.60. The van der Waals surface area contributed by atoms with Crippen LogP contribution >= 0.6 is 28.1 Å². The lowest BCUT2D eigenvalue weighted by Gasteiger charge is -2.13. The van der Waals surface area contributed by atoms with Crippen LogP contribution in [0.25, 0.3) is 0 Å². The molecule has 0 saturated heterocycles. The Labute approximate surface area is 211 Å². The highest BCUT2D eigenvalue weighted by atomic mass is 79.9. The second-order valence-electron chi connectivity index (χ2n) is 7.34. The number of hydrogen-bond donors (Lipinski definition) is 3. The Hall–Kier alpha value is -3.18. The van der Waals surface area contributed by atoms with Gasteiger partial charge in [-0.3, -0.25) is 25.8 Å². The minimum absolute atomic E-state index is 0.0894. The number of carbonyl (C=O) groups is 3. The van der Waals surface area contributed by atoms with E-state index in [1.807, 2.05) is 13.8 Å². The van der Waals surface area contributed by atoms with E-state index in [9.17, 15) is 14.4 Å². The molecular weight excluding hydrogens is 526 g/mol. The van der Waals surface area contributed by atoms with Crippen LogP contribution in [0, 0.1) is 5.92 Å². The third-order valence-electron chi connectivity index (χ3n) is 4.04. The average molecular weight is 552 g/mol. The van der Waals surface area contributed by atoms with Gasteiger partial charge in [0.15, 0.2) is 11.7 Å². The number of carbonyl (C=O) groups excluding carboxylic acids is 3. The lowest BCUT2D eigenvalue weighted by Crippen LogP contribution is -2.49. The number of nitrogens with one attached hydrogen (secondary N) is 3. The normalized spacial score (nSPS) is 10.3. The first kappa shape index (κ1) is 27.1. The molecule has 0 heterocycles. The second kappa shape index (κ2) is 13.5. The highest BCUT2D eigenvalue weighted by Crippen LogP contribution is 2.26. The maximum Gasteiger partial charge on any atom is 0.338 e. The number of ether oxygens (including phenoxy) is 3. The third kappa shape index (κ3) is 8.99. The van der Waals surface area contributed by atoms with E-state index >= 15 is 0 Å². The summed E-state index contributed by atoms with van der Waals surface area (Å²) in [7, 11) is 0. The molecule has 0 aliphatic rings. The summed E-state index contributed by atoms with van der Waals surface area (Å²) < 4.78 is 16.6. The molecule has 0 aliphatic heterocycles. The van der Waals surface area contributed by atoms with Gasteiger partial charge in [0.1, 0.15) is 11.5 Å². The highest BCUT2D eigenvalue weighted by molar-refractivity contribution is 9.10. The van der Waals surface area contributed by atoms with E-state index in [2.05, 4.69) is 32.1 Å². The topological polar surface area (TPSA) is 115 Å². The van der Waals surface area contributed by atoms with Gasteiger partial charge in [0.2, 0.25) is 0 Å². The summed E-state index contributed by atoms with van der Waals surface area (Å²) >= 11 is 8.43. The standard InChI is InChI=1S/C23H26BrN3O6S/c1-4-31-22(30)15-5-8-17(9-6-15)32-13-20(28)26-27-23(34)25-21(29)16-7-10-19(18(24)11-16)33-12-14(2)3/h5-11,14H,4,12-13H2,1-3H3,(H,26,28)(H2,25,27,29,34). The van der Waals surface area contributed by atoms with Crippen LogP contribution in [0.5, 0.6) is 11.5 Å². The summed E-state index contributed by atoms with van der Waals surface area (Å²) in [5.74, 6) is -0.0226. The molecule has 0 radical (unpaired) electrons. The van der Waals surface area contributed by atoms with Crippen LogP contribution in [0.15, 0.2) is 46.9 Å². The molecule has 182 valence electrons. The van der Waals surface area contributed by atoms with Crippen LogP contribution in [-0.4, -0.2) is 42.7 Å². The van der Waals surface area contributed by atoms with Gasteiger partial charge in [-0.1, -0.05) is 13.8 Å². The smallest absolute Gasteiger partial charge is 0.338 e. The molecule has 0 saturated carbocycles. The number of benzene rings is 2. The van der Waals surface area contributed by atoms with Crippen molar-refractivity contribution < 1.29 is 28.6 Å². The van der Waals surface area contributed by atoms with Crippen molar-refractivity contribution in [3.05, 3.63) is 58.1 Å². The maximum atomic E-state index is 12.4. The fourth-order valence-corrected chi connectivity index (χ4v) is 3.07. The van der Waals surface area contributed by atoms with Crippen molar-refractivity contribution in [2.24, 2.45) is 5.92 Å². The number of rotatable bonds is 9. The van der Waals surface area contributed by atoms with E-state index in [0.717, 1.165) is 0 Å². The summed E-state index contributed by atoms with van der Waals surface area (Å²) in [6, 6.07) is 11.1. The van der Waals surface area contributed by atoms with Crippen LogP contribution < -0.4 is 25.6 Å². The molecule has 2 aromatic carbocycles. The monoisotopic (exact) mass is 551 g/mol.